The molecule has 0 radical (unpaired) electrons. The Labute approximate surface area is 97.9 Å². The van der Waals surface area contributed by atoms with Gasteiger partial charge in [0.25, 0.3) is 0 Å². The van der Waals surface area contributed by atoms with Crippen molar-refractivity contribution in [2.75, 3.05) is 0 Å². The van der Waals surface area contributed by atoms with Gasteiger partial charge < -0.3 is 14.6 Å². The number of hydrogen-bond acceptors (Lipinski definition) is 4. The maximum Gasteiger partial charge on any atom is 0.377 e. The number of esters is 1. The number of aliphatic hydroxyl groups is 1. The smallest absolute Gasteiger partial charge is 0.377 e. The van der Waals surface area contributed by atoms with Crippen LogP contribution in [0.3, 0.4) is 0 Å². The van der Waals surface area contributed by atoms with Gasteiger partial charge in [0.05, 0.1) is 6.10 Å². The highest BCUT2D eigenvalue weighted by atomic mass is 19.3. The van der Waals surface area contributed by atoms with Crippen LogP contribution in [0.1, 0.15) is 26.7 Å². The lowest BCUT2D eigenvalue weighted by molar-refractivity contribution is -0.189. The van der Waals surface area contributed by atoms with Gasteiger partial charge in [0, 0.05) is 12.8 Å². The molecule has 0 aromatic heterocycles. The molecule has 0 aromatic carbocycles. The number of carbonyl (C=O) groups excluding carboxylic acids is 1. The molecule has 1 aliphatic carbocycles. The Morgan fingerprint density at radius 3 is 2.71 bits per heavy atom. The Balaban J connectivity index is 2.04. The third-order valence-electron chi connectivity index (χ3n) is 3.46. The number of halogens is 2. The summed E-state index contributed by atoms with van der Waals surface area (Å²) in [5.74, 6) is -5.08. The second-order valence-corrected chi connectivity index (χ2v) is 5.03. The van der Waals surface area contributed by atoms with Crippen LogP contribution in [0.25, 0.3) is 0 Å². The standard InChI is InChI=1S/C11H16F2O4/c1-5-3-6-4-7(16-9(6)14)8(5)17-10(15)11(2,12)13/h5-9,14H,3-4H2,1-2H3/t5?,6?,7?,8-,9?/m0/s1. The molecule has 1 saturated heterocycles. The van der Waals surface area contributed by atoms with E-state index >= 15 is 0 Å². The average molecular weight is 250 g/mol. The minimum Gasteiger partial charge on any atom is -0.455 e. The Morgan fingerprint density at radius 1 is 1.47 bits per heavy atom. The van der Waals surface area contributed by atoms with Gasteiger partial charge in [-0.05, 0) is 18.8 Å². The van der Waals surface area contributed by atoms with E-state index in [9.17, 15) is 18.7 Å². The molecule has 1 aliphatic heterocycles. The molecule has 4 nitrogen and oxygen atoms in total. The zero-order valence-electron chi connectivity index (χ0n) is 9.73. The summed E-state index contributed by atoms with van der Waals surface area (Å²) in [6.45, 7) is 2.32. The first-order chi connectivity index (χ1) is 7.79. The highest BCUT2D eigenvalue weighted by molar-refractivity contribution is 5.77. The first-order valence-corrected chi connectivity index (χ1v) is 5.71. The molecule has 2 bridgehead atoms. The molecule has 0 aromatic rings. The van der Waals surface area contributed by atoms with Crippen molar-refractivity contribution in [1.29, 1.82) is 0 Å². The predicted molar refractivity (Wildman–Crippen MR) is 53.3 cm³/mol. The fourth-order valence-electron chi connectivity index (χ4n) is 2.58. The number of aliphatic hydroxyl groups excluding tert-OH is 1. The van der Waals surface area contributed by atoms with Crippen molar-refractivity contribution >= 4 is 5.97 Å². The molecule has 5 atom stereocenters. The molecular weight excluding hydrogens is 234 g/mol. The lowest BCUT2D eigenvalue weighted by atomic mass is 9.80. The monoisotopic (exact) mass is 250 g/mol. The lowest BCUT2D eigenvalue weighted by Gasteiger charge is -2.32. The predicted octanol–water partition coefficient (Wildman–Crippen LogP) is 1.32. The Morgan fingerprint density at radius 2 is 2.12 bits per heavy atom. The van der Waals surface area contributed by atoms with Crippen LogP contribution in [-0.2, 0) is 14.3 Å². The van der Waals surface area contributed by atoms with Crippen LogP contribution < -0.4 is 0 Å². The number of fused-ring (bicyclic) bond motifs is 2. The van der Waals surface area contributed by atoms with Gasteiger partial charge in [-0.2, -0.15) is 8.78 Å². The van der Waals surface area contributed by atoms with E-state index in [0.717, 1.165) is 0 Å². The first-order valence-electron chi connectivity index (χ1n) is 5.71. The van der Waals surface area contributed by atoms with Crippen molar-refractivity contribution in [3.63, 3.8) is 0 Å². The van der Waals surface area contributed by atoms with E-state index in [1.807, 2.05) is 6.92 Å². The number of rotatable bonds is 2. The average Bonchev–Trinajstić information content (AvgIpc) is 2.49. The van der Waals surface area contributed by atoms with Gasteiger partial charge in [-0.3, -0.25) is 0 Å². The highest BCUT2D eigenvalue weighted by Gasteiger charge is 2.49. The minimum atomic E-state index is -3.49. The molecule has 1 heterocycles. The van der Waals surface area contributed by atoms with E-state index < -0.39 is 30.4 Å². The SMILES string of the molecule is CC1CC2CC(OC2O)[C@H]1OC(=O)C(C)(F)F. The third-order valence-corrected chi connectivity index (χ3v) is 3.46. The molecule has 98 valence electrons. The summed E-state index contributed by atoms with van der Waals surface area (Å²) in [6, 6.07) is 0. The van der Waals surface area contributed by atoms with Crippen LogP contribution in [0.15, 0.2) is 0 Å². The van der Waals surface area contributed by atoms with E-state index in [0.29, 0.717) is 19.8 Å². The van der Waals surface area contributed by atoms with Crippen molar-refractivity contribution in [1.82, 2.24) is 0 Å². The summed E-state index contributed by atoms with van der Waals surface area (Å²) in [5.41, 5.74) is 0. The molecule has 1 N–H and O–H groups in total. The van der Waals surface area contributed by atoms with E-state index in [4.69, 9.17) is 9.47 Å². The third kappa shape index (κ3) is 2.42. The van der Waals surface area contributed by atoms with Crippen molar-refractivity contribution < 1.29 is 28.2 Å². The Bertz CT molecular complexity index is 313. The van der Waals surface area contributed by atoms with Gasteiger partial charge in [0.2, 0.25) is 0 Å². The van der Waals surface area contributed by atoms with Crippen LogP contribution in [0.4, 0.5) is 8.78 Å². The quantitative estimate of drug-likeness (QED) is 0.751. The number of carbonyl (C=O) groups is 1. The first kappa shape index (κ1) is 12.7. The summed E-state index contributed by atoms with van der Waals surface area (Å²) in [7, 11) is 0. The molecule has 1 saturated carbocycles. The Hall–Kier alpha value is -0.750. The van der Waals surface area contributed by atoms with Crippen molar-refractivity contribution in [2.45, 2.75) is 51.1 Å². The molecule has 2 aliphatic rings. The van der Waals surface area contributed by atoms with Crippen molar-refractivity contribution in [3.05, 3.63) is 0 Å². The summed E-state index contributed by atoms with van der Waals surface area (Å²) >= 11 is 0. The van der Waals surface area contributed by atoms with E-state index in [1.165, 1.54) is 0 Å². The normalized spacial score (nSPS) is 41.4. The number of alkyl halides is 2. The molecule has 2 rings (SSSR count). The molecule has 2 fully saturated rings. The van der Waals surface area contributed by atoms with Crippen LogP contribution in [0.5, 0.6) is 0 Å². The minimum absolute atomic E-state index is 0.0205. The Kier molecular flexibility index (Phi) is 3.12. The molecule has 0 spiro atoms. The van der Waals surface area contributed by atoms with Gasteiger partial charge in [-0.1, -0.05) is 6.92 Å². The second kappa shape index (κ2) is 4.17. The lowest BCUT2D eigenvalue weighted by Crippen LogP contribution is -2.42. The van der Waals surface area contributed by atoms with Gasteiger partial charge >= 0.3 is 11.9 Å². The highest BCUT2D eigenvalue weighted by Crippen LogP contribution is 2.41. The zero-order chi connectivity index (χ0) is 12.8. The van der Waals surface area contributed by atoms with E-state index in [2.05, 4.69) is 0 Å². The fourth-order valence-corrected chi connectivity index (χ4v) is 2.58. The number of hydrogen-bond donors (Lipinski definition) is 1. The second-order valence-electron chi connectivity index (χ2n) is 5.03. The molecular formula is C11H16F2O4. The fraction of sp³-hybridized carbons (Fsp3) is 0.909. The van der Waals surface area contributed by atoms with Gasteiger partial charge in [-0.25, -0.2) is 4.79 Å². The maximum absolute atomic E-state index is 12.8. The van der Waals surface area contributed by atoms with Crippen LogP contribution in [0, 0.1) is 11.8 Å². The molecule has 4 unspecified atom stereocenters. The van der Waals surface area contributed by atoms with Gasteiger partial charge in [-0.15, -0.1) is 0 Å². The topological polar surface area (TPSA) is 55.8 Å². The largest absolute Gasteiger partial charge is 0.455 e. The maximum atomic E-state index is 12.8. The molecule has 0 amide bonds. The summed E-state index contributed by atoms with van der Waals surface area (Å²) in [4.78, 5) is 11.1. The van der Waals surface area contributed by atoms with Crippen LogP contribution in [0.2, 0.25) is 0 Å². The van der Waals surface area contributed by atoms with Crippen molar-refractivity contribution in [2.24, 2.45) is 11.8 Å². The van der Waals surface area contributed by atoms with Crippen LogP contribution in [-0.4, -0.2) is 35.5 Å². The van der Waals surface area contributed by atoms with E-state index in [1.54, 1.807) is 0 Å². The zero-order valence-corrected chi connectivity index (χ0v) is 9.73. The van der Waals surface area contributed by atoms with Crippen molar-refractivity contribution in [3.8, 4) is 0 Å². The van der Waals surface area contributed by atoms with Gasteiger partial charge in [0.1, 0.15) is 6.10 Å². The molecule has 17 heavy (non-hydrogen) atoms. The summed E-state index contributed by atoms with van der Waals surface area (Å²) in [5, 5.41) is 9.52. The summed E-state index contributed by atoms with van der Waals surface area (Å²) < 4.78 is 35.5. The van der Waals surface area contributed by atoms with Crippen LogP contribution >= 0.6 is 0 Å². The number of ether oxygens (including phenoxy) is 2. The molecule has 6 heteroatoms. The summed E-state index contributed by atoms with van der Waals surface area (Å²) in [6.07, 6.45) is -0.857. The van der Waals surface area contributed by atoms with Gasteiger partial charge in [0.15, 0.2) is 6.29 Å². The van der Waals surface area contributed by atoms with E-state index in [-0.39, 0.29) is 11.8 Å².